The number of aliphatic hydroxyl groups is 1. The summed E-state index contributed by atoms with van der Waals surface area (Å²) in [5.74, 6) is -0.348. The summed E-state index contributed by atoms with van der Waals surface area (Å²) in [6, 6.07) is 8.47. The van der Waals surface area contributed by atoms with Crippen LogP contribution in [0.1, 0.15) is 10.5 Å². The maximum Gasteiger partial charge on any atom is 0.269 e. The van der Waals surface area contributed by atoms with Crippen LogP contribution in [0.4, 0.5) is 4.39 Å². The summed E-state index contributed by atoms with van der Waals surface area (Å²) in [6.45, 7) is -0.0235. The van der Waals surface area contributed by atoms with Gasteiger partial charge in [-0.05, 0) is 36.4 Å². The third-order valence-corrected chi connectivity index (χ3v) is 2.94. The number of aliphatic hydroxyl groups excluding tert-OH is 1. The van der Waals surface area contributed by atoms with Crippen molar-refractivity contribution in [2.75, 3.05) is 13.2 Å². The highest BCUT2D eigenvalue weighted by molar-refractivity contribution is 6.30. The zero-order valence-electron chi connectivity index (χ0n) is 11.5. The molecule has 1 atom stereocenters. The van der Waals surface area contributed by atoms with Gasteiger partial charge in [0, 0.05) is 12.7 Å². The lowest BCUT2D eigenvalue weighted by molar-refractivity contribution is 0.0839. The SMILES string of the molecule is O=C(NCC(O)COc1ccc(F)cc1)c1ccc(Cl)cn1. The Bertz CT molecular complexity index is 620. The maximum absolute atomic E-state index is 12.7. The number of nitrogens with zero attached hydrogens (tertiary/aromatic N) is 1. The van der Waals surface area contributed by atoms with E-state index in [0.29, 0.717) is 10.8 Å². The van der Waals surface area contributed by atoms with E-state index in [2.05, 4.69) is 10.3 Å². The monoisotopic (exact) mass is 324 g/mol. The molecule has 0 aliphatic carbocycles. The molecule has 0 bridgehead atoms. The Kier molecular flexibility index (Phi) is 5.68. The molecule has 22 heavy (non-hydrogen) atoms. The summed E-state index contributed by atoms with van der Waals surface area (Å²) in [5, 5.41) is 12.7. The van der Waals surface area contributed by atoms with Crippen LogP contribution in [0.5, 0.6) is 5.75 Å². The highest BCUT2D eigenvalue weighted by Crippen LogP contribution is 2.11. The number of carbonyl (C=O) groups is 1. The largest absolute Gasteiger partial charge is 0.491 e. The minimum atomic E-state index is -0.902. The number of amides is 1. The second-order valence-electron chi connectivity index (χ2n) is 4.49. The number of ether oxygens (including phenoxy) is 1. The normalized spacial score (nSPS) is 11.8. The summed E-state index contributed by atoms with van der Waals surface area (Å²) in [4.78, 5) is 15.6. The van der Waals surface area contributed by atoms with Crippen LogP contribution in [-0.4, -0.2) is 35.3 Å². The van der Waals surface area contributed by atoms with Crippen LogP contribution in [0, 0.1) is 5.82 Å². The molecular formula is C15H14ClFN2O3. The molecule has 2 aromatic rings. The number of nitrogens with one attached hydrogen (secondary N) is 1. The van der Waals surface area contributed by atoms with Crippen molar-refractivity contribution in [2.45, 2.75) is 6.10 Å². The molecule has 5 nitrogen and oxygen atoms in total. The van der Waals surface area contributed by atoms with E-state index in [1.165, 1.54) is 36.5 Å². The highest BCUT2D eigenvalue weighted by atomic mass is 35.5. The first kappa shape index (κ1) is 16.2. The number of hydrogen-bond donors (Lipinski definition) is 2. The van der Waals surface area contributed by atoms with Crippen LogP contribution in [0.3, 0.4) is 0 Å². The van der Waals surface area contributed by atoms with Gasteiger partial charge in [-0.3, -0.25) is 4.79 Å². The fourth-order valence-electron chi connectivity index (χ4n) is 1.59. The van der Waals surface area contributed by atoms with Gasteiger partial charge >= 0.3 is 0 Å². The molecule has 1 amide bonds. The van der Waals surface area contributed by atoms with Crippen LogP contribution in [0.25, 0.3) is 0 Å². The number of pyridine rings is 1. The predicted octanol–water partition coefficient (Wildman–Crippen LogP) is 2.04. The Hall–Kier alpha value is -2.18. The Morgan fingerprint density at radius 2 is 2.05 bits per heavy atom. The average molecular weight is 325 g/mol. The molecule has 1 heterocycles. The van der Waals surface area contributed by atoms with Crippen LogP contribution < -0.4 is 10.1 Å². The maximum atomic E-state index is 12.7. The molecule has 1 aromatic carbocycles. The third-order valence-electron chi connectivity index (χ3n) is 2.71. The summed E-state index contributed by atoms with van der Waals surface area (Å²) < 4.78 is 18.0. The van der Waals surface area contributed by atoms with Gasteiger partial charge in [0.2, 0.25) is 0 Å². The standard InChI is InChI=1S/C15H14ClFN2O3/c16-10-1-6-14(18-7-10)15(21)19-8-12(20)9-22-13-4-2-11(17)3-5-13/h1-7,12,20H,8-9H2,(H,19,21). The number of carbonyl (C=O) groups excluding carboxylic acids is 1. The molecule has 2 N–H and O–H groups in total. The molecule has 0 aliphatic rings. The fraction of sp³-hybridized carbons (Fsp3) is 0.200. The highest BCUT2D eigenvalue weighted by Gasteiger charge is 2.10. The zero-order valence-corrected chi connectivity index (χ0v) is 12.3. The Morgan fingerprint density at radius 3 is 2.68 bits per heavy atom. The Morgan fingerprint density at radius 1 is 1.32 bits per heavy atom. The minimum absolute atomic E-state index is 0.00430. The second kappa shape index (κ2) is 7.72. The molecule has 7 heteroatoms. The van der Waals surface area contributed by atoms with E-state index in [1.54, 1.807) is 6.07 Å². The van der Waals surface area contributed by atoms with Crippen molar-refractivity contribution in [3.8, 4) is 5.75 Å². The van der Waals surface area contributed by atoms with Crippen molar-refractivity contribution in [3.63, 3.8) is 0 Å². The number of hydrogen-bond acceptors (Lipinski definition) is 4. The van der Waals surface area contributed by atoms with Crippen molar-refractivity contribution in [2.24, 2.45) is 0 Å². The van der Waals surface area contributed by atoms with Gasteiger partial charge in [-0.15, -0.1) is 0 Å². The van der Waals surface area contributed by atoms with Crippen molar-refractivity contribution < 1.29 is 19.0 Å². The quantitative estimate of drug-likeness (QED) is 0.853. The first-order valence-corrected chi connectivity index (χ1v) is 6.88. The zero-order chi connectivity index (χ0) is 15.9. The van der Waals surface area contributed by atoms with Gasteiger partial charge in [0.25, 0.3) is 5.91 Å². The smallest absolute Gasteiger partial charge is 0.269 e. The molecule has 2 rings (SSSR count). The van der Waals surface area contributed by atoms with Crippen molar-refractivity contribution in [1.82, 2.24) is 10.3 Å². The summed E-state index contributed by atoms with van der Waals surface area (Å²) in [6.07, 6.45) is 0.464. The Balaban J connectivity index is 1.75. The van der Waals surface area contributed by atoms with Crippen molar-refractivity contribution in [3.05, 3.63) is 59.1 Å². The molecule has 0 saturated carbocycles. The van der Waals surface area contributed by atoms with Crippen molar-refractivity contribution >= 4 is 17.5 Å². The molecule has 0 fully saturated rings. The molecular weight excluding hydrogens is 311 g/mol. The van der Waals surface area contributed by atoms with E-state index in [9.17, 15) is 14.3 Å². The van der Waals surface area contributed by atoms with E-state index in [0.717, 1.165) is 0 Å². The van der Waals surface area contributed by atoms with Gasteiger partial charge in [-0.1, -0.05) is 11.6 Å². The average Bonchev–Trinajstić information content (AvgIpc) is 2.52. The third kappa shape index (κ3) is 4.98. The van der Waals surface area contributed by atoms with Gasteiger partial charge in [0.05, 0.1) is 5.02 Å². The lowest BCUT2D eigenvalue weighted by Gasteiger charge is -2.13. The van der Waals surface area contributed by atoms with Gasteiger partial charge in [-0.2, -0.15) is 0 Å². The van der Waals surface area contributed by atoms with E-state index >= 15 is 0 Å². The molecule has 0 radical (unpaired) electrons. The number of aromatic nitrogens is 1. The molecule has 0 aliphatic heterocycles. The van der Waals surface area contributed by atoms with Crippen LogP contribution in [0.2, 0.25) is 5.02 Å². The Labute approximate surface area is 131 Å². The predicted molar refractivity (Wildman–Crippen MR) is 79.5 cm³/mol. The van der Waals surface area contributed by atoms with Gasteiger partial charge < -0.3 is 15.2 Å². The first-order chi connectivity index (χ1) is 10.5. The summed E-state index contributed by atoms with van der Waals surface area (Å²) >= 11 is 5.68. The molecule has 116 valence electrons. The van der Waals surface area contributed by atoms with Gasteiger partial charge in [0.1, 0.15) is 30.0 Å². The number of benzene rings is 1. The molecule has 1 aromatic heterocycles. The molecule has 1 unspecified atom stereocenters. The number of halogens is 2. The minimum Gasteiger partial charge on any atom is -0.491 e. The summed E-state index contributed by atoms with van der Waals surface area (Å²) in [7, 11) is 0. The lowest BCUT2D eigenvalue weighted by Crippen LogP contribution is -2.35. The van der Waals surface area contributed by atoms with E-state index in [1.807, 2.05) is 0 Å². The first-order valence-electron chi connectivity index (χ1n) is 6.51. The lowest BCUT2D eigenvalue weighted by atomic mass is 10.3. The van der Waals surface area contributed by atoms with E-state index in [-0.39, 0.29) is 24.7 Å². The molecule has 0 spiro atoms. The van der Waals surface area contributed by atoms with Crippen LogP contribution >= 0.6 is 11.6 Å². The summed E-state index contributed by atoms with van der Waals surface area (Å²) in [5.41, 5.74) is 0.205. The van der Waals surface area contributed by atoms with Gasteiger partial charge in [0.15, 0.2) is 0 Å². The van der Waals surface area contributed by atoms with Gasteiger partial charge in [-0.25, -0.2) is 9.37 Å². The second-order valence-corrected chi connectivity index (χ2v) is 4.93. The molecule has 0 saturated heterocycles. The van der Waals surface area contributed by atoms with Crippen molar-refractivity contribution in [1.29, 1.82) is 0 Å². The fourth-order valence-corrected chi connectivity index (χ4v) is 1.71. The topological polar surface area (TPSA) is 71.5 Å². The number of rotatable bonds is 6. The van der Waals surface area contributed by atoms with E-state index in [4.69, 9.17) is 16.3 Å². The van der Waals surface area contributed by atoms with Crippen LogP contribution in [-0.2, 0) is 0 Å². The van der Waals surface area contributed by atoms with E-state index < -0.39 is 12.0 Å². The van der Waals surface area contributed by atoms with Crippen LogP contribution in [0.15, 0.2) is 42.6 Å².